The second-order valence-corrected chi connectivity index (χ2v) is 4.08. The maximum Gasteiger partial charge on any atom is 0.0691 e. The SMILES string of the molecule is CCC1(OC)CCSCC1. The average molecular weight is 160 g/mol. The number of hydrogen-bond donors (Lipinski definition) is 0. The van der Waals surface area contributed by atoms with E-state index in [2.05, 4.69) is 6.92 Å². The van der Waals surface area contributed by atoms with Gasteiger partial charge in [0.2, 0.25) is 0 Å². The van der Waals surface area contributed by atoms with Gasteiger partial charge in [-0.1, -0.05) is 6.92 Å². The van der Waals surface area contributed by atoms with E-state index in [9.17, 15) is 0 Å². The van der Waals surface area contributed by atoms with Gasteiger partial charge in [0.25, 0.3) is 0 Å². The summed E-state index contributed by atoms with van der Waals surface area (Å²) in [5, 5.41) is 0. The molecule has 1 aliphatic heterocycles. The third kappa shape index (κ3) is 1.67. The molecule has 0 N–H and O–H groups in total. The fraction of sp³-hybridized carbons (Fsp3) is 1.00. The molecule has 60 valence electrons. The minimum atomic E-state index is 0.241. The van der Waals surface area contributed by atoms with Gasteiger partial charge in [-0.3, -0.25) is 0 Å². The molecule has 0 unspecified atom stereocenters. The van der Waals surface area contributed by atoms with Crippen LogP contribution in [0, 0.1) is 0 Å². The molecule has 2 heteroatoms. The number of methoxy groups -OCH3 is 1. The summed E-state index contributed by atoms with van der Waals surface area (Å²) in [6.07, 6.45) is 3.65. The van der Waals surface area contributed by atoms with Crippen molar-refractivity contribution < 1.29 is 4.74 Å². The van der Waals surface area contributed by atoms with Gasteiger partial charge in [-0.2, -0.15) is 11.8 Å². The molecular weight excluding hydrogens is 144 g/mol. The summed E-state index contributed by atoms with van der Waals surface area (Å²) < 4.78 is 5.51. The molecule has 0 radical (unpaired) electrons. The maximum atomic E-state index is 5.51. The minimum absolute atomic E-state index is 0.241. The Balaban J connectivity index is 2.44. The van der Waals surface area contributed by atoms with Crippen molar-refractivity contribution in [1.29, 1.82) is 0 Å². The van der Waals surface area contributed by atoms with Crippen LogP contribution in [-0.2, 0) is 4.74 Å². The molecular formula is C8H16OS. The molecule has 1 fully saturated rings. The van der Waals surface area contributed by atoms with Gasteiger partial charge in [0, 0.05) is 7.11 Å². The molecule has 0 atom stereocenters. The predicted molar refractivity (Wildman–Crippen MR) is 46.6 cm³/mol. The second kappa shape index (κ2) is 3.63. The van der Waals surface area contributed by atoms with E-state index in [-0.39, 0.29) is 5.60 Å². The van der Waals surface area contributed by atoms with Crippen LogP contribution in [0.5, 0.6) is 0 Å². The highest BCUT2D eigenvalue weighted by Crippen LogP contribution is 2.32. The molecule has 0 aliphatic carbocycles. The molecule has 10 heavy (non-hydrogen) atoms. The van der Waals surface area contributed by atoms with Gasteiger partial charge in [0.05, 0.1) is 5.60 Å². The lowest BCUT2D eigenvalue weighted by atomic mass is 9.94. The summed E-state index contributed by atoms with van der Waals surface area (Å²) in [5.41, 5.74) is 0.241. The van der Waals surface area contributed by atoms with Gasteiger partial charge in [-0.25, -0.2) is 0 Å². The summed E-state index contributed by atoms with van der Waals surface area (Å²) in [6.45, 7) is 2.22. The lowest BCUT2D eigenvalue weighted by Crippen LogP contribution is -2.34. The fourth-order valence-electron chi connectivity index (χ4n) is 1.45. The first-order valence-electron chi connectivity index (χ1n) is 3.96. The number of rotatable bonds is 2. The van der Waals surface area contributed by atoms with Crippen LogP contribution in [0.4, 0.5) is 0 Å². The molecule has 1 rings (SSSR count). The summed E-state index contributed by atoms with van der Waals surface area (Å²) >= 11 is 2.05. The lowest BCUT2D eigenvalue weighted by molar-refractivity contribution is -0.0200. The average Bonchev–Trinajstić information content (AvgIpc) is 2.06. The van der Waals surface area contributed by atoms with E-state index < -0.39 is 0 Å². The zero-order valence-corrected chi connectivity index (χ0v) is 7.67. The van der Waals surface area contributed by atoms with Gasteiger partial charge < -0.3 is 4.74 Å². The molecule has 0 bridgehead atoms. The summed E-state index contributed by atoms with van der Waals surface area (Å²) in [4.78, 5) is 0. The number of thioether (sulfide) groups is 1. The molecule has 1 heterocycles. The Morgan fingerprint density at radius 2 is 2.00 bits per heavy atom. The Labute approximate surface area is 67.5 Å². The molecule has 0 spiro atoms. The Bertz CT molecular complexity index is 91.4. The highest BCUT2D eigenvalue weighted by Gasteiger charge is 2.29. The van der Waals surface area contributed by atoms with Crippen molar-refractivity contribution in [2.75, 3.05) is 18.6 Å². The third-order valence-corrected chi connectivity index (χ3v) is 3.47. The summed E-state index contributed by atoms with van der Waals surface area (Å²) in [5.74, 6) is 2.56. The number of hydrogen-bond acceptors (Lipinski definition) is 2. The van der Waals surface area contributed by atoms with Gasteiger partial charge in [-0.15, -0.1) is 0 Å². The topological polar surface area (TPSA) is 9.23 Å². The fourth-order valence-corrected chi connectivity index (χ4v) is 2.68. The van der Waals surface area contributed by atoms with Crippen molar-refractivity contribution in [1.82, 2.24) is 0 Å². The van der Waals surface area contributed by atoms with Crippen LogP contribution >= 0.6 is 11.8 Å². The Kier molecular flexibility index (Phi) is 3.05. The lowest BCUT2D eigenvalue weighted by Gasteiger charge is -2.34. The Morgan fingerprint density at radius 3 is 2.30 bits per heavy atom. The van der Waals surface area contributed by atoms with E-state index >= 15 is 0 Å². The number of ether oxygens (including phenoxy) is 1. The molecule has 0 saturated carbocycles. The first-order chi connectivity index (χ1) is 4.83. The summed E-state index contributed by atoms with van der Waals surface area (Å²) in [6, 6.07) is 0. The Hall–Kier alpha value is 0.310. The van der Waals surface area contributed by atoms with Gasteiger partial charge in [0.1, 0.15) is 0 Å². The monoisotopic (exact) mass is 160 g/mol. The molecule has 1 saturated heterocycles. The van der Waals surface area contributed by atoms with Crippen LogP contribution < -0.4 is 0 Å². The maximum absolute atomic E-state index is 5.51. The van der Waals surface area contributed by atoms with Crippen LogP contribution in [0.15, 0.2) is 0 Å². The van der Waals surface area contributed by atoms with E-state index in [1.807, 2.05) is 18.9 Å². The van der Waals surface area contributed by atoms with Crippen molar-refractivity contribution in [3.8, 4) is 0 Å². The van der Waals surface area contributed by atoms with Gasteiger partial charge in [-0.05, 0) is 30.8 Å². The van der Waals surface area contributed by atoms with E-state index in [0.29, 0.717) is 0 Å². The normalized spacial score (nSPS) is 24.6. The van der Waals surface area contributed by atoms with E-state index in [1.165, 1.54) is 30.8 Å². The van der Waals surface area contributed by atoms with Crippen LogP contribution in [0.2, 0.25) is 0 Å². The van der Waals surface area contributed by atoms with E-state index in [1.54, 1.807) is 0 Å². The largest absolute Gasteiger partial charge is 0.378 e. The molecule has 0 amide bonds. The van der Waals surface area contributed by atoms with Crippen molar-refractivity contribution >= 4 is 11.8 Å². The zero-order valence-electron chi connectivity index (χ0n) is 6.85. The van der Waals surface area contributed by atoms with Gasteiger partial charge in [0.15, 0.2) is 0 Å². The zero-order chi connectivity index (χ0) is 7.45. The Morgan fingerprint density at radius 1 is 1.40 bits per heavy atom. The van der Waals surface area contributed by atoms with E-state index in [0.717, 1.165) is 0 Å². The van der Waals surface area contributed by atoms with Crippen molar-refractivity contribution in [3.63, 3.8) is 0 Å². The minimum Gasteiger partial charge on any atom is -0.378 e. The third-order valence-electron chi connectivity index (χ3n) is 2.48. The van der Waals surface area contributed by atoms with Crippen LogP contribution in [0.1, 0.15) is 26.2 Å². The highest BCUT2D eigenvalue weighted by molar-refractivity contribution is 7.99. The standard InChI is InChI=1S/C8H16OS/c1-3-8(9-2)4-6-10-7-5-8/h3-7H2,1-2H3. The predicted octanol–water partition coefficient (Wildman–Crippen LogP) is 2.31. The molecule has 0 aromatic rings. The van der Waals surface area contributed by atoms with Crippen molar-refractivity contribution in [3.05, 3.63) is 0 Å². The quantitative estimate of drug-likeness (QED) is 0.613. The van der Waals surface area contributed by atoms with Crippen LogP contribution in [0.25, 0.3) is 0 Å². The molecule has 0 aromatic heterocycles. The smallest absolute Gasteiger partial charge is 0.0691 e. The van der Waals surface area contributed by atoms with Crippen LogP contribution in [0.3, 0.4) is 0 Å². The molecule has 1 nitrogen and oxygen atoms in total. The highest BCUT2D eigenvalue weighted by atomic mass is 32.2. The first-order valence-corrected chi connectivity index (χ1v) is 5.11. The summed E-state index contributed by atoms with van der Waals surface area (Å²) in [7, 11) is 1.85. The molecule has 1 aliphatic rings. The van der Waals surface area contributed by atoms with Crippen molar-refractivity contribution in [2.24, 2.45) is 0 Å². The van der Waals surface area contributed by atoms with Gasteiger partial charge >= 0.3 is 0 Å². The van der Waals surface area contributed by atoms with Crippen molar-refractivity contribution in [2.45, 2.75) is 31.8 Å². The van der Waals surface area contributed by atoms with Crippen LogP contribution in [-0.4, -0.2) is 24.2 Å². The second-order valence-electron chi connectivity index (χ2n) is 2.85. The van der Waals surface area contributed by atoms with E-state index in [4.69, 9.17) is 4.74 Å². The molecule has 0 aromatic carbocycles. The first kappa shape index (κ1) is 8.41.